The molecule has 5 heteroatoms. The van der Waals surface area contributed by atoms with Crippen LogP contribution in [0.3, 0.4) is 0 Å². The molecule has 6 aliphatic carbocycles. The smallest absolute Gasteiger partial charge is 0.438 e. The van der Waals surface area contributed by atoms with Crippen LogP contribution in [0.15, 0.2) is 0 Å². The van der Waals surface area contributed by atoms with Gasteiger partial charge in [0.1, 0.15) is 6.61 Å². The van der Waals surface area contributed by atoms with Crippen LogP contribution >= 0.6 is 0 Å². The van der Waals surface area contributed by atoms with E-state index in [1.54, 1.807) is 0 Å². The lowest BCUT2D eigenvalue weighted by atomic mass is 9.42. The van der Waals surface area contributed by atoms with Crippen LogP contribution in [0.25, 0.3) is 0 Å². The minimum absolute atomic E-state index is 0.0183. The molecule has 7 aliphatic rings. The van der Waals surface area contributed by atoms with Crippen molar-refractivity contribution in [3.05, 3.63) is 0 Å². The van der Waals surface area contributed by atoms with Crippen LogP contribution in [0.4, 0.5) is 4.79 Å². The van der Waals surface area contributed by atoms with E-state index in [-0.39, 0.29) is 23.7 Å². The summed E-state index contributed by atoms with van der Waals surface area (Å²) in [4.78, 5) is 11.6. The van der Waals surface area contributed by atoms with E-state index >= 15 is 0 Å². The highest BCUT2D eigenvalue weighted by atomic mass is 16.7. The Kier molecular flexibility index (Phi) is 6.08. The van der Waals surface area contributed by atoms with Crippen molar-refractivity contribution in [3.63, 3.8) is 0 Å². The Balaban J connectivity index is 1.26. The molecule has 0 aromatic carbocycles. The van der Waals surface area contributed by atoms with Gasteiger partial charge in [-0.05, 0) is 115 Å². The molecule has 7 rings (SSSR count). The summed E-state index contributed by atoms with van der Waals surface area (Å²) >= 11 is 0. The van der Waals surface area contributed by atoms with Crippen molar-refractivity contribution in [2.24, 2.45) is 51.2 Å². The van der Waals surface area contributed by atoms with Gasteiger partial charge in [0.15, 0.2) is 0 Å². The number of aliphatic hydroxyl groups excluding tert-OH is 1. The number of methoxy groups -OCH3 is 1. The molecule has 7 fully saturated rings. The van der Waals surface area contributed by atoms with E-state index < -0.39 is 6.16 Å². The lowest BCUT2D eigenvalue weighted by Gasteiger charge is -2.63. The van der Waals surface area contributed by atoms with Gasteiger partial charge < -0.3 is 19.3 Å². The van der Waals surface area contributed by atoms with E-state index in [1.807, 2.05) is 0 Å². The first kappa shape index (κ1) is 25.5. The van der Waals surface area contributed by atoms with Crippen molar-refractivity contribution in [2.75, 3.05) is 13.7 Å². The number of hydrogen-bond donors (Lipinski definition) is 1. The van der Waals surface area contributed by atoms with Crippen molar-refractivity contribution >= 4 is 6.16 Å². The molecule has 0 aromatic heterocycles. The Labute approximate surface area is 218 Å². The van der Waals surface area contributed by atoms with Gasteiger partial charge in [-0.2, -0.15) is 0 Å². The molecule has 2 bridgehead atoms. The zero-order valence-corrected chi connectivity index (χ0v) is 23.4. The summed E-state index contributed by atoms with van der Waals surface area (Å²) in [6.07, 6.45) is 14.8. The third kappa shape index (κ3) is 3.57. The van der Waals surface area contributed by atoms with Gasteiger partial charge >= 0.3 is 6.16 Å². The van der Waals surface area contributed by atoms with E-state index in [0.29, 0.717) is 40.6 Å². The number of carbonyl (C=O) groups excluding carboxylic acids is 1. The average molecular weight is 503 g/mol. The van der Waals surface area contributed by atoms with Crippen molar-refractivity contribution in [1.82, 2.24) is 0 Å². The largest absolute Gasteiger partial charge is 0.508 e. The number of ether oxygens (including phenoxy) is 3. The predicted molar refractivity (Wildman–Crippen MR) is 138 cm³/mol. The third-order valence-corrected chi connectivity index (χ3v) is 13.1. The second-order valence-corrected chi connectivity index (χ2v) is 15.0. The minimum atomic E-state index is -0.610. The Hall–Kier alpha value is -0.810. The second-order valence-electron chi connectivity index (χ2n) is 15.0. The highest BCUT2D eigenvalue weighted by Crippen LogP contribution is 2.77. The zero-order chi connectivity index (χ0) is 25.5. The van der Waals surface area contributed by atoms with Gasteiger partial charge in [-0.15, -0.1) is 0 Å². The molecule has 0 amide bonds. The summed E-state index contributed by atoms with van der Waals surface area (Å²) < 4.78 is 16.7. The standard InChI is InChI=1S/C31H50O5/c1-19-14-20(16-35-27(33)34-5)36-23-15-22-21-9-10-24-28(2,3)25(32)8-6-12-31(24)17-30(21,18-31)13-7-11-29(22,4)26(19)23/h19-26,32H,6-18H2,1-5H3. The molecule has 6 saturated carbocycles. The molecule has 9 atom stereocenters. The number of carbonyl (C=O) groups is 1. The number of rotatable bonds is 2. The fraction of sp³-hybridized carbons (Fsp3) is 0.968. The summed E-state index contributed by atoms with van der Waals surface area (Å²) in [5, 5.41) is 11.1. The SMILES string of the molecule is COC(=O)OCC1CC(C)C2C(CC3C4CCC5C6(CCCC(O)C5(C)C)CC4(CCCC32C)C6)O1. The van der Waals surface area contributed by atoms with E-state index in [0.717, 1.165) is 24.7 Å². The van der Waals surface area contributed by atoms with Crippen LogP contribution in [0.5, 0.6) is 0 Å². The molecule has 1 saturated heterocycles. The highest BCUT2D eigenvalue weighted by molar-refractivity contribution is 5.59. The molecular weight excluding hydrogens is 452 g/mol. The summed E-state index contributed by atoms with van der Waals surface area (Å²) in [6.45, 7) is 10.1. The Morgan fingerprint density at radius 2 is 1.72 bits per heavy atom. The first-order chi connectivity index (χ1) is 17.0. The van der Waals surface area contributed by atoms with Gasteiger partial charge in [0, 0.05) is 0 Å². The third-order valence-electron chi connectivity index (χ3n) is 13.1. The predicted octanol–water partition coefficient (Wildman–Crippen LogP) is 6.75. The van der Waals surface area contributed by atoms with Crippen LogP contribution in [0.2, 0.25) is 0 Å². The number of hydrogen-bond acceptors (Lipinski definition) is 5. The van der Waals surface area contributed by atoms with Gasteiger partial charge in [-0.25, -0.2) is 4.79 Å². The Morgan fingerprint density at radius 3 is 2.47 bits per heavy atom. The summed E-state index contributed by atoms with van der Waals surface area (Å²) in [7, 11) is 1.36. The van der Waals surface area contributed by atoms with Gasteiger partial charge in [-0.3, -0.25) is 0 Å². The molecule has 1 heterocycles. The fourth-order valence-electron chi connectivity index (χ4n) is 12.1. The summed E-state index contributed by atoms with van der Waals surface area (Å²) in [5.41, 5.74) is 1.37. The Morgan fingerprint density at radius 1 is 0.972 bits per heavy atom. The van der Waals surface area contributed by atoms with Crippen LogP contribution in [0.1, 0.15) is 105 Å². The van der Waals surface area contributed by atoms with Gasteiger partial charge in [-0.1, -0.05) is 40.5 Å². The maximum absolute atomic E-state index is 11.6. The molecular formula is C31H50O5. The normalized spacial score (nSPS) is 53.2. The molecule has 5 nitrogen and oxygen atoms in total. The van der Waals surface area contributed by atoms with Crippen molar-refractivity contribution in [1.29, 1.82) is 0 Å². The van der Waals surface area contributed by atoms with E-state index in [4.69, 9.17) is 9.47 Å². The van der Waals surface area contributed by atoms with Crippen LogP contribution in [0, 0.1) is 51.2 Å². The summed E-state index contributed by atoms with van der Waals surface area (Å²) in [5.74, 6) is 3.36. The molecule has 36 heavy (non-hydrogen) atoms. The molecule has 0 aromatic rings. The molecule has 204 valence electrons. The van der Waals surface area contributed by atoms with E-state index in [1.165, 1.54) is 71.3 Å². The van der Waals surface area contributed by atoms with Crippen molar-refractivity contribution in [3.8, 4) is 0 Å². The van der Waals surface area contributed by atoms with Crippen molar-refractivity contribution in [2.45, 2.75) is 123 Å². The summed E-state index contributed by atoms with van der Waals surface area (Å²) in [6, 6.07) is 0. The van der Waals surface area contributed by atoms with Gasteiger partial charge in [0.2, 0.25) is 0 Å². The van der Waals surface area contributed by atoms with Crippen LogP contribution < -0.4 is 0 Å². The fourth-order valence-corrected chi connectivity index (χ4v) is 12.1. The molecule has 1 N–H and O–H groups in total. The van der Waals surface area contributed by atoms with E-state index in [9.17, 15) is 9.90 Å². The van der Waals surface area contributed by atoms with Gasteiger partial charge in [0.05, 0.1) is 25.4 Å². The Bertz CT molecular complexity index is 861. The molecule has 1 aliphatic heterocycles. The zero-order valence-electron chi connectivity index (χ0n) is 23.4. The highest BCUT2D eigenvalue weighted by Gasteiger charge is 2.70. The topological polar surface area (TPSA) is 65.0 Å². The maximum Gasteiger partial charge on any atom is 0.508 e. The number of fused-ring (bicyclic) bond motifs is 4. The first-order valence-corrected chi connectivity index (χ1v) is 15.1. The quantitative estimate of drug-likeness (QED) is 0.423. The molecule has 2 spiro atoms. The maximum atomic E-state index is 11.6. The molecule has 9 unspecified atom stereocenters. The lowest BCUT2D eigenvalue weighted by molar-refractivity contribution is -0.146. The monoisotopic (exact) mass is 502 g/mol. The van der Waals surface area contributed by atoms with E-state index in [2.05, 4.69) is 32.4 Å². The second kappa shape index (κ2) is 8.60. The van der Waals surface area contributed by atoms with Crippen LogP contribution in [-0.4, -0.2) is 43.3 Å². The minimum Gasteiger partial charge on any atom is -0.438 e. The average Bonchev–Trinajstić information content (AvgIpc) is 2.91. The van der Waals surface area contributed by atoms with Gasteiger partial charge in [0.25, 0.3) is 0 Å². The van der Waals surface area contributed by atoms with Crippen molar-refractivity contribution < 1.29 is 24.1 Å². The lowest BCUT2D eigenvalue weighted by Crippen LogP contribution is -2.55. The molecule has 0 radical (unpaired) electrons. The first-order valence-electron chi connectivity index (χ1n) is 15.1. The number of aliphatic hydroxyl groups is 1. The van der Waals surface area contributed by atoms with Crippen LogP contribution in [-0.2, 0) is 14.2 Å².